The van der Waals surface area contributed by atoms with E-state index in [9.17, 15) is 4.79 Å². The maximum atomic E-state index is 12.1. The van der Waals surface area contributed by atoms with Crippen molar-refractivity contribution in [3.8, 4) is 6.07 Å². The number of thiophene rings is 1. The Bertz CT molecular complexity index is 532. The molecule has 4 nitrogen and oxygen atoms in total. The predicted molar refractivity (Wildman–Crippen MR) is 77.1 cm³/mol. The molecule has 3 N–H and O–H groups in total. The monoisotopic (exact) mass is 277 g/mol. The summed E-state index contributed by atoms with van der Waals surface area (Å²) in [4.78, 5) is 13.2. The van der Waals surface area contributed by atoms with Gasteiger partial charge in [-0.15, -0.1) is 11.3 Å². The highest BCUT2D eigenvalue weighted by molar-refractivity contribution is 7.16. The van der Waals surface area contributed by atoms with Crippen LogP contribution in [0.15, 0.2) is 0 Å². The molecule has 1 heterocycles. The lowest BCUT2D eigenvalue weighted by molar-refractivity contribution is -0.119. The van der Waals surface area contributed by atoms with Crippen molar-refractivity contribution in [2.75, 3.05) is 11.9 Å². The van der Waals surface area contributed by atoms with Gasteiger partial charge in [0.2, 0.25) is 5.91 Å². The van der Waals surface area contributed by atoms with E-state index in [4.69, 9.17) is 11.0 Å². The number of rotatable bonds is 4. The molecule has 1 fully saturated rings. The normalized spacial score (nSPS) is 16.5. The third-order valence-electron chi connectivity index (χ3n) is 4.13. The summed E-state index contributed by atoms with van der Waals surface area (Å²) in [5.74, 6) is -0.0251. The fourth-order valence-corrected chi connectivity index (χ4v) is 3.52. The lowest BCUT2D eigenvalue weighted by atomic mass is 9.66. The van der Waals surface area contributed by atoms with E-state index >= 15 is 0 Å². The molecule has 0 radical (unpaired) electrons. The van der Waals surface area contributed by atoms with Crippen molar-refractivity contribution in [2.45, 2.75) is 39.5 Å². The molecule has 0 aromatic carbocycles. The highest BCUT2D eigenvalue weighted by Gasteiger charge is 2.37. The van der Waals surface area contributed by atoms with E-state index in [1.165, 1.54) is 11.3 Å². The predicted octanol–water partition coefficient (Wildman–Crippen LogP) is 2.69. The van der Waals surface area contributed by atoms with Crippen molar-refractivity contribution in [3.63, 3.8) is 0 Å². The van der Waals surface area contributed by atoms with Crippen LogP contribution in [0, 0.1) is 30.6 Å². The molecule has 1 saturated carbocycles. The van der Waals surface area contributed by atoms with Crippen LogP contribution in [0.5, 0.6) is 0 Å². The molecular weight excluding hydrogens is 258 g/mol. The summed E-state index contributed by atoms with van der Waals surface area (Å²) in [6.45, 7) is 4.44. The molecule has 1 aromatic rings. The van der Waals surface area contributed by atoms with Gasteiger partial charge in [-0.05, 0) is 44.2 Å². The Balaban J connectivity index is 2.07. The molecule has 0 aliphatic heterocycles. The van der Waals surface area contributed by atoms with Crippen LogP contribution in [0.2, 0.25) is 0 Å². The Morgan fingerprint density at radius 2 is 2.21 bits per heavy atom. The first-order valence-corrected chi connectivity index (χ1v) is 7.33. The zero-order chi connectivity index (χ0) is 14.0. The average molecular weight is 277 g/mol. The minimum absolute atomic E-state index is 0.00175. The summed E-state index contributed by atoms with van der Waals surface area (Å²) in [5.41, 5.74) is 7.31. The maximum absolute atomic E-state index is 12.1. The topological polar surface area (TPSA) is 78.9 Å². The number of amides is 1. The molecule has 0 bridgehead atoms. The molecular formula is C14H19N3OS. The van der Waals surface area contributed by atoms with Gasteiger partial charge in [-0.1, -0.05) is 6.42 Å². The number of hydrogen-bond acceptors (Lipinski definition) is 4. The lowest BCUT2D eigenvalue weighted by Crippen LogP contribution is -2.40. The highest BCUT2D eigenvalue weighted by atomic mass is 32.1. The molecule has 2 rings (SSSR count). The Kier molecular flexibility index (Phi) is 3.93. The molecule has 1 aromatic heterocycles. The van der Waals surface area contributed by atoms with Crippen molar-refractivity contribution in [1.29, 1.82) is 5.26 Å². The molecule has 0 atom stereocenters. The number of aryl methyl sites for hydroxylation is 1. The third kappa shape index (κ3) is 2.65. The number of nitrogens with two attached hydrogens (primary N) is 1. The molecule has 0 unspecified atom stereocenters. The summed E-state index contributed by atoms with van der Waals surface area (Å²) in [7, 11) is 0. The molecule has 102 valence electrons. The number of hydrogen-bond donors (Lipinski definition) is 2. The largest absolute Gasteiger partial charge is 0.330 e. The second kappa shape index (κ2) is 5.32. The van der Waals surface area contributed by atoms with Gasteiger partial charge in [0.25, 0.3) is 0 Å². The van der Waals surface area contributed by atoms with Gasteiger partial charge in [0, 0.05) is 11.3 Å². The summed E-state index contributed by atoms with van der Waals surface area (Å²) in [6.07, 6.45) is 3.69. The van der Waals surface area contributed by atoms with Crippen LogP contribution in [-0.2, 0) is 4.79 Å². The van der Waals surface area contributed by atoms with Crippen molar-refractivity contribution >= 4 is 22.2 Å². The quantitative estimate of drug-likeness (QED) is 0.888. The van der Waals surface area contributed by atoms with Gasteiger partial charge in [-0.3, -0.25) is 4.79 Å². The van der Waals surface area contributed by atoms with Crippen molar-refractivity contribution in [3.05, 3.63) is 16.0 Å². The van der Waals surface area contributed by atoms with Crippen LogP contribution in [0.3, 0.4) is 0 Å². The second-order valence-electron chi connectivity index (χ2n) is 5.38. The SMILES string of the molecule is Cc1sc(NC(=O)CC2(CN)CCC2)c(C#N)c1C. The number of nitriles is 1. The summed E-state index contributed by atoms with van der Waals surface area (Å²) in [5, 5.41) is 12.7. The minimum atomic E-state index is -0.0251. The fourth-order valence-electron chi connectivity index (χ4n) is 2.49. The zero-order valence-electron chi connectivity index (χ0n) is 11.4. The van der Waals surface area contributed by atoms with Crippen molar-refractivity contribution in [1.82, 2.24) is 0 Å². The first-order chi connectivity index (χ1) is 9.01. The Morgan fingerprint density at radius 3 is 2.68 bits per heavy atom. The smallest absolute Gasteiger partial charge is 0.225 e. The Morgan fingerprint density at radius 1 is 1.53 bits per heavy atom. The van der Waals surface area contributed by atoms with E-state index in [2.05, 4.69) is 11.4 Å². The molecule has 1 amide bonds. The number of nitrogens with zero attached hydrogens (tertiary/aromatic N) is 1. The van der Waals surface area contributed by atoms with E-state index in [1.54, 1.807) is 0 Å². The van der Waals surface area contributed by atoms with Crippen LogP contribution < -0.4 is 11.1 Å². The van der Waals surface area contributed by atoms with Crippen LogP contribution in [0.4, 0.5) is 5.00 Å². The molecule has 0 spiro atoms. The number of anilines is 1. The van der Waals surface area contributed by atoms with Crippen LogP contribution in [0.25, 0.3) is 0 Å². The molecule has 0 saturated heterocycles. The highest BCUT2D eigenvalue weighted by Crippen LogP contribution is 2.43. The summed E-state index contributed by atoms with van der Waals surface area (Å²) >= 11 is 1.47. The third-order valence-corrected chi connectivity index (χ3v) is 5.26. The summed E-state index contributed by atoms with van der Waals surface area (Å²) < 4.78 is 0. The Labute approximate surface area is 117 Å². The van der Waals surface area contributed by atoms with E-state index in [-0.39, 0.29) is 11.3 Å². The van der Waals surface area contributed by atoms with Crippen LogP contribution >= 0.6 is 11.3 Å². The van der Waals surface area contributed by atoms with Crippen molar-refractivity contribution < 1.29 is 4.79 Å². The number of nitrogens with one attached hydrogen (secondary N) is 1. The number of carbonyl (C=O) groups is 1. The van der Waals surface area contributed by atoms with Crippen molar-refractivity contribution in [2.24, 2.45) is 11.1 Å². The van der Waals surface area contributed by atoms with E-state index < -0.39 is 0 Å². The molecule has 1 aliphatic carbocycles. The maximum Gasteiger partial charge on any atom is 0.225 e. The summed E-state index contributed by atoms with van der Waals surface area (Å²) in [6, 6.07) is 2.17. The first kappa shape index (κ1) is 14.0. The van der Waals surface area contributed by atoms with Gasteiger partial charge in [0.15, 0.2) is 0 Å². The molecule has 1 aliphatic rings. The molecule has 5 heteroatoms. The van der Waals surface area contributed by atoms with E-state index in [0.29, 0.717) is 23.5 Å². The molecule has 19 heavy (non-hydrogen) atoms. The van der Waals surface area contributed by atoms with E-state index in [0.717, 1.165) is 29.7 Å². The van der Waals surface area contributed by atoms with Gasteiger partial charge in [-0.2, -0.15) is 5.26 Å². The van der Waals surface area contributed by atoms with Gasteiger partial charge >= 0.3 is 0 Å². The van der Waals surface area contributed by atoms with Gasteiger partial charge in [-0.25, -0.2) is 0 Å². The van der Waals surface area contributed by atoms with Crippen LogP contribution in [-0.4, -0.2) is 12.5 Å². The Hall–Kier alpha value is -1.38. The van der Waals surface area contributed by atoms with Gasteiger partial charge in [0.1, 0.15) is 11.1 Å². The first-order valence-electron chi connectivity index (χ1n) is 6.51. The van der Waals surface area contributed by atoms with Gasteiger partial charge in [0.05, 0.1) is 5.56 Å². The minimum Gasteiger partial charge on any atom is -0.330 e. The van der Waals surface area contributed by atoms with Gasteiger partial charge < -0.3 is 11.1 Å². The fraction of sp³-hybridized carbons (Fsp3) is 0.571. The second-order valence-corrected chi connectivity index (χ2v) is 6.61. The number of carbonyl (C=O) groups excluding carboxylic acids is 1. The zero-order valence-corrected chi connectivity index (χ0v) is 12.2. The lowest BCUT2D eigenvalue weighted by Gasteiger charge is -2.40. The van der Waals surface area contributed by atoms with Crippen LogP contribution in [0.1, 0.15) is 41.7 Å². The average Bonchev–Trinajstić information content (AvgIpc) is 2.59. The van der Waals surface area contributed by atoms with E-state index in [1.807, 2.05) is 13.8 Å². The standard InChI is InChI=1S/C14H19N3OS/c1-9-10(2)19-13(11(9)7-15)17-12(18)6-14(8-16)4-3-5-14/h3-6,8,16H2,1-2H3,(H,17,18).